The second-order valence-corrected chi connectivity index (χ2v) is 2.65. The molecule has 0 radical (unpaired) electrons. The lowest BCUT2D eigenvalue weighted by atomic mass is 10.6. The van der Waals surface area contributed by atoms with E-state index in [2.05, 4.69) is 9.97 Å². The molecular weight excluding hydrogens is 162 g/mol. The van der Waals surface area contributed by atoms with E-state index in [1.807, 2.05) is 6.26 Å². The molecule has 0 saturated carbocycles. The van der Waals surface area contributed by atoms with Crippen LogP contribution in [0.1, 0.15) is 0 Å². The largest absolute Gasteiger partial charge is 0.467 e. The Kier molecular flexibility index (Phi) is 2.53. The van der Waals surface area contributed by atoms with Crippen LogP contribution in [0.3, 0.4) is 0 Å². The van der Waals surface area contributed by atoms with Crippen LogP contribution in [-0.2, 0) is 0 Å². The summed E-state index contributed by atoms with van der Waals surface area (Å²) in [4.78, 5) is 7.85. The number of hydrogen-bond acceptors (Lipinski definition) is 5. The van der Waals surface area contributed by atoms with E-state index in [-0.39, 0.29) is 0 Å². The Morgan fingerprint density at radius 3 is 2.82 bits per heavy atom. The van der Waals surface area contributed by atoms with Crippen molar-refractivity contribution in [2.75, 3.05) is 19.1 Å². The topological polar surface area (TPSA) is 61.0 Å². The number of nitrogen functional groups attached to an aromatic ring is 1. The van der Waals surface area contributed by atoms with Gasteiger partial charge < -0.3 is 10.5 Å². The summed E-state index contributed by atoms with van der Waals surface area (Å²) in [5.74, 6) is 0.432. The average Bonchev–Trinajstić information content (AvgIpc) is 2.03. The Hall–Kier alpha value is -0.970. The monoisotopic (exact) mass is 171 g/mol. The molecule has 0 amide bonds. The quantitative estimate of drug-likeness (QED) is 0.526. The number of thioether (sulfide) groups is 1. The van der Waals surface area contributed by atoms with Crippen LogP contribution in [0.2, 0.25) is 0 Å². The molecule has 2 N–H and O–H groups in total. The van der Waals surface area contributed by atoms with Gasteiger partial charge in [0.25, 0.3) is 0 Å². The second-order valence-electron chi connectivity index (χ2n) is 1.82. The lowest BCUT2D eigenvalue weighted by molar-refractivity contribution is 0.377. The molecule has 4 nitrogen and oxygen atoms in total. The van der Waals surface area contributed by atoms with Crippen LogP contribution in [0.25, 0.3) is 0 Å². The first-order valence-electron chi connectivity index (χ1n) is 2.99. The van der Waals surface area contributed by atoms with Gasteiger partial charge in [-0.1, -0.05) is 0 Å². The highest BCUT2D eigenvalue weighted by Gasteiger charge is 1.99. The third-order valence-corrected chi connectivity index (χ3v) is 1.72. The van der Waals surface area contributed by atoms with E-state index in [9.17, 15) is 0 Å². The molecule has 0 aliphatic carbocycles. The summed E-state index contributed by atoms with van der Waals surface area (Å²) in [5, 5.41) is 0.814. The van der Waals surface area contributed by atoms with E-state index in [0.29, 0.717) is 11.8 Å². The van der Waals surface area contributed by atoms with Gasteiger partial charge in [0.1, 0.15) is 10.8 Å². The Labute approximate surface area is 69.2 Å². The van der Waals surface area contributed by atoms with E-state index in [0.717, 1.165) is 5.03 Å². The van der Waals surface area contributed by atoms with Gasteiger partial charge in [-0.25, -0.2) is 0 Å². The fourth-order valence-electron chi connectivity index (χ4n) is 0.617. The van der Waals surface area contributed by atoms with Crippen molar-refractivity contribution in [1.82, 2.24) is 9.97 Å². The van der Waals surface area contributed by atoms with Gasteiger partial charge in [-0.05, 0) is 6.26 Å². The van der Waals surface area contributed by atoms with Crippen LogP contribution in [0, 0.1) is 0 Å². The zero-order chi connectivity index (χ0) is 8.27. The smallest absolute Gasteiger partial charge is 0.319 e. The van der Waals surface area contributed by atoms with Crippen molar-refractivity contribution in [2.45, 2.75) is 5.03 Å². The third kappa shape index (κ3) is 1.98. The zero-order valence-corrected chi connectivity index (χ0v) is 7.18. The number of methoxy groups -OCH3 is 1. The van der Waals surface area contributed by atoms with E-state index < -0.39 is 0 Å². The summed E-state index contributed by atoms with van der Waals surface area (Å²) in [6.07, 6.45) is 1.92. The lowest BCUT2D eigenvalue weighted by Crippen LogP contribution is -1.97. The summed E-state index contributed by atoms with van der Waals surface area (Å²) >= 11 is 1.50. The summed E-state index contributed by atoms with van der Waals surface area (Å²) < 4.78 is 4.82. The molecule has 5 heteroatoms. The molecule has 0 bridgehead atoms. The minimum absolute atomic E-state index is 0.314. The van der Waals surface area contributed by atoms with Crippen LogP contribution in [-0.4, -0.2) is 23.3 Å². The van der Waals surface area contributed by atoms with Gasteiger partial charge in [0.15, 0.2) is 0 Å². The summed E-state index contributed by atoms with van der Waals surface area (Å²) in [7, 11) is 1.51. The highest BCUT2D eigenvalue weighted by atomic mass is 32.2. The number of hydrogen-bond donors (Lipinski definition) is 1. The average molecular weight is 171 g/mol. The number of nitrogens with zero attached hydrogens (tertiary/aromatic N) is 2. The zero-order valence-electron chi connectivity index (χ0n) is 6.37. The van der Waals surface area contributed by atoms with Crippen molar-refractivity contribution in [3.05, 3.63) is 6.07 Å². The molecule has 0 saturated heterocycles. The van der Waals surface area contributed by atoms with Crippen LogP contribution >= 0.6 is 11.8 Å². The molecule has 0 unspecified atom stereocenters. The van der Waals surface area contributed by atoms with Crippen molar-refractivity contribution < 1.29 is 4.74 Å². The van der Waals surface area contributed by atoms with Crippen molar-refractivity contribution >= 4 is 17.6 Å². The maximum atomic E-state index is 5.47. The number of ether oxygens (including phenoxy) is 1. The van der Waals surface area contributed by atoms with Crippen molar-refractivity contribution in [3.8, 4) is 6.01 Å². The Balaban J connectivity index is 3.02. The molecule has 11 heavy (non-hydrogen) atoms. The molecule has 0 atom stereocenters. The van der Waals surface area contributed by atoms with Crippen molar-refractivity contribution in [2.24, 2.45) is 0 Å². The van der Waals surface area contributed by atoms with Gasteiger partial charge >= 0.3 is 6.01 Å². The van der Waals surface area contributed by atoms with Gasteiger partial charge in [0.05, 0.1) is 7.11 Å². The van der Waals surface area contributed by atoms with Gasteiger partial charge in [0, 0.05) is 6.07 Å². The van der Waals surface area contributed by atoms with Crippen LogP contribution in [0.5, 0.6) is 6.01 Å². The Morgan fingerprint density at radius 2 is 2.27 bits per heavy atom. The summed E-state index contributed by atoms with van der Waals surface area (Å²) in [5.41, 5.74) is 5.47. The molecule has 1 aromatic heterocycles. The van der Waals surface area contributed by atoms with E-state index in [1.54, 1.807) is 6.07 Å². The number of nitrogens with two attached hydrogens (primary N) is 1. The first-order valence-corrected chi connectivity index (χ1v) is 4.21. The minimum Gasteiger partial charge on any atom is -0.467 e. The van der Waals surface area contributed by atoms with E-state index in [4.69, 9.17) is 10.5 Å². The van der Waals surface area contributed by atoms with Crippen LogP contribution in [0.4, 0.5) is 5.82 Å². The lowest BCUT2D eigenvalue weighted by Gasteiger charge is -2.00. The second kappa shape index (κ2) is 3.43. The number of rotatable bonds is 2. The Bertz CT molecular complexity index is 231. The highest BCUT2D eigenvalue weighted by Crippen LogP contribution is 2.16. The minimum atomic E-state index is 0.314. The van der Waals surface area contributed by atoms with Crippen molar-refractivity contribution in [1.29, 1.82) is 0 Å². The summed E-state index contributed by atoms with van der Waals surface area (Å²) in [6.45, 7) is 0. The van der Waals surface area contributed by atoms with Gasteiger partial charge in [-0.15, -0.1) is 11.8 Å². The molecule has 1 rings (SSSR count). The van der Waals surface area contributed by atoms with Crippen LogP contribution in [0.15, 0.2) is 11.1 Å². The molecule has 0 spiro atoms. The third-order valence-electron chi connectivity index (χ3n) is 1.09. The fourth-order valence-corrected chi connectivity index (χ4v) is 1.02. The molecule has 1 heterocycles. The highest BCUT2D eigenvalue weighted by molar-refractivity contribution is 7.98. The fraction of sp³-hybridized carbons (Fsp3) is 0.333. The van der Waals surface area contributed by atoms with E-state index in [1.165, 1.54) is 18.9 Å². The standard InChI is InChI=1S/C6H9N3OS/c1-10-6-8-4(7)3-5(9-6)11-2/h3H,1-2H3,(H2,7,8,9). The van der Waals surface area contributed by atoms with Gasteiger partial charge in [-0.3, -0.25) is 0 Å². The van der Waals surface area contributed by atoms with Gasteiger partial charge in [0.2, 0.25) is 0 Å². The summed E-state index contributed by atoms with van der Waals surface area (Å²) in [6, 6.07) is 2.02. The first kappa shape index (κ1) is 8.13. The normalized spacial score (nSPS) is 9.64. The maximum Gasteiger partial charge on any atom is 0.319 e. The molecule has 60 valence electrons. The maximum absolute atomic E-state index is 5.47. The molecule has 1 aromatic rings. The van der Waals surface area contributed by atoms with Gasteiger partial charge in [-0.2, -0.15) is 9.97 Å². The number of anilines is 1. The Morgan fingerprint density at radius 1 is 1.55 bits per heavy atom. The van der Waals surface area contributed by atoms with Crippen LogP contribution < -0.4 is 10.5 Å². The number of aromatic nitrogens is 2. The molecule has 0 fully saturated rings. The predicted octanol–water partition coefficient (Wildman–Crippen LogP) is 0.789. The molecular formula is C6H9N3OS. The predicted molar refractivity (Wildman–Crippen MR) is 44.8 cm³/mol. The molecule has 0 aliphatic rings. The first-order chi connectivity index (χ1) is 5.26. The van der Waals surface area contributed by atoms with Crippen molar-refractivity contribution in [3.63, 3.8) is 0 Å². The SMILES string of the molecule is COc1nc(N)cc(SC)n1. The molecule has 0 aromatic carbocycles. The van der Waals surface area contributed by atoms with E-state index >= 15 is 0 Å². The molecule has 0 aliphatic heterocycles.